The van der Waals surface area contributed by atoms with Crippen molar-refractivity contribution in [1.29, 1.82) is 0 Å². The highest BCUT2D eigenvalue weighted by Crippen LogP contribution is 2.17. The third-order valence-corrected chi connectivity index (χ3v) is 3.20. The number of nitrogens with zero attached hydrogens (tertiary/aromatic N) is 1. The SMILES string of the molecule is CN1CCOC(C(O)Cc2c(F)cccc2F)C1. The van der Waals surface area contributed by atoms with Gasteiger partial charge in [-0.25, -0.2) is 8.78 Å². The fourth-order valence-corrected chi connectivity index (χ4v) is 2.11. The predicted octanol–water partition coefficient (Wildman–Crippen LogP) is 1.20. The smallest absolute Gasteiger partial charge is 0.129 e. The molecule has 1 aromatic rings. The normalized spacial score (nSPS) is 23.0. The number of aliphatic hydroxyl groups is 1. The molecular weight excluding hydrogens is 240 g/mol. The third kappa shape index (κ3) is 3.04. The maximum absolute atomic E-state index is 13.5. The van der Waals surface area contributed by atoms with Crippen molar-refractivity contribution in [2.24, 2.45) is 0 Å². The number of likely N-dealkylation sites (N-methyl/N-ethyl adjacent to an activating group) is 1. The summed E-state index contributed by atoms with van der Waals surface area (Å²) >= 11 is 0. The molecule has 1 saturated heterocycles. The van der Waals surface area contributed by atoms with E-state index in [2.05, 4.69) is 0 Å². The number of benzene rings is 1. The molecule has 0 aliphatic carbocycles. The molecule has 1 N–H and O–H groups in total. The number of morpholine rings is 1. The van der Waals surface area contributed by atoms with Gasteiger partial charge in [0.2, 0.25) is 0 Å². The van der Waals surface area contributed by atoms with Crippen LogP contribution in [0.25, 0.3) is 0 Å². The number of hydrogen-bond acceptors (Lipinski definition) is 3. The van der Waals surface area contributed by atoms with Gasteiger partial charge in [0.1, 0.15) is 11.6 Å². The van der Waals surface area contributed by atoms with E-state index in [9.17, 15) is 13.9 Å². The summed E-state index contributed by atoms with van der Waals surface area (Å²) in [6.45, 7) is 1.90. The number of aliphatic hydroxyl groups excluding tert-OH is 1. The summed E-state index contributed by atoms with van der Waals surface area (Å²) in [5.74, 6) is -1.25. The van der Waals surface area contributed by atoms with Crippen molar-refractivity contribution >= 4 is 0 Å². The number of halogens is 2. The average Bonchev–Trinajstić information content (AvgIpc) is 2.34. The van der Waals surface area contributed by atoms with Crippen LogP contribution < -0.4 is 0 Å². The summed E-state index contributed by atoms with van der Waals surface area (Å²) in [6.07, 6.45) is -1.38. The molecular formula is C13H17F2NO2. The molecule has 2 atom stereocenters. The van der Waals surface area contributed by atoms with Crippen molar-refractivity contribution in [1.82, 2.24) is 4.90 Å². The second-order valence-corrected chi connectivity index (χ2v) is 4.64. The van der Waals surface area contributed by atoms with Gasteiger partial charge in [-0.2, -0.15) is 0 Å². The van der Waals surface area contributed by atoms with Crippen LogP contribution in [0.4, 0.5) is 8.78 Å². The van der Waals surface area contributed by atoms with Crippen LogP contribution in [0.1, 0.15) is 5.56 Å². The maximum Gasteiger partial charge on any atom is 0.129 e. The van der Waals surface area contributed by atoms with E-state index in [0.717, 1.165) is 6.54 Å². The van der Waals surface area contributed by atoms with Crippen LogP contribution in [-0.2, 0) is 11.2 Å². The Bertz CT molecular complexity index is 394. The van der Waals surface area contributed by atoms with Gasteiger partial charge in [-0.3, -0.25) is 0 Å². The lowest BCUT2D eigenvalue weighted by Gasteiger charge is -2.33. The molecule has 3 nitrogen and oxygen atoms in total. The molecule has 1 aliphatic rings. The third-order valence-electron chi connectivity index (χ3n) is 3.20. The van der Waals surface area contributed by atoms with E-state index in [4.69, 9.17) is 4.74 Å². The van der Waals surface area contributed by atoms with Crippen molar-refractivity contribution in [3.05, 3.63) is 35.4 Å². The van der Waals surface area contributed by atoms with Crippen molar-refractivity contribution in [3.8, 4) is 0 Å². The Labute approximate surface area is 105 Å². The van der Waals surface area contributed by atoms with Gasteiger partial charge in [-0.1, -0.05) is 6.07 Å². The van der Waals surface area contributed by atoms with E-state index in [-0.39, 0.29) is 12.0 Å². The number of rotatable bonds is 3. The summed E-state index contributed by atoms with van der Waals surface area (Å²) in [4.78, 5) is 2.02. The number of ether oxygens (including phenoxy) is 1. The zero-order valence-electron chi connectivity index (χ0n) is 10.3. The van der Waals surface area contributed by atoms with E-state index >= 15 is 0 Å². The van der Waals surface area contributed by atoms with Gasteiger partial charge in [-0.05, 0) is 19.2 Å². The first-order valence-electron chi connectivity index (χ1n) is 5.99. The van der Waals surface area contributed by atoms with Crippen molar-refractivity contribution in [2.45, 2.75) is 18.6 Å². The molecule has 0 radical (unpaired) electrons. The van der Waals surface area contributed by atoms with Crippen LogP contribution in [0.3, 0.4) is 0 Å². The van der Waals surface area contributed by atoms with Gasteiger partial charge >= 0.3 is 0 Å². The predicted molar refractivity (Wildman–Crippen MR) is 63.3 cm³/mol. The molecule has 0 saturated carbocycles. The van der Waals surface area contributed by atoms with Gasteiger partial charge in [0.05, 0.1) is 18.8 Å². The fraction of sp³-hybridized carbons (Fsp3) is 0.538. The highest BCUT2D eigenvalue weighted by Gasteiger charge is 2.26. The van der Waals surface area contributed by atoms with Crippen molar-refractivity contribution in [2.75, 3.05) is 26.7 Å². The molecule has 18 heavy (non-hydrogen) atoms. The van der Waals surface area contributed by atoms with Crippen molar-refractivity contribution in [3.63, 3.8) is 0 Å². The van der Waals surface area contributed by atoms with E-state index in [1.807, 2.05) is 11.9 Å². The lowest BCUT2D eigenvalue weighted by molar-refractivity contribution is -0.0826. The molecule has 2 rings (SSSR count). The molecule has 0 amide bonds. The molecule has 100 valence electrons. The monoisotopic (exact) mass is 257 g/mol. The molecule has 1 aliphatic heterocycles. The van der Waals surface area contributed by atoms with Crippen LogP contribution in [0, 0.1) is 11.6 Å². The first-order valence-corrected chi connectivity index (χ1v) is 5.99. The molecule has 1 aromatic carbocycles. The van der Waals surface area contributed by atoms with Crippen LogP contribution in [-0.4, -0.2) is 49.0 Å². The van der Waals surface area contributed by atoms with Crippen LogP contribution in [0.15, 0.2) is 18.2 Å². The van der Waals surface area contributed by atoms with E-state index < -0.39 is 23.8 Å². The summed E-state index contributed by atoms with van der Waals surface area (Å²) in [7, 11) is 1.92. The Morgan fingerprint density at radius 3 is 2.72 bits per heavy atom. The Morgan fingerprint density at radius 1 is 1.44 bits per heavy atom. The quantitative estimate of drug-likeness (QED) is 0.883. The molecule has 1 heterocycles. The Kier molecular flexibility index (Phi) is 4.27. The van der Waals surface area contributed by atoms with Gasteiger partial charge in [0.25, 0.3) is 0 Å². The summed E-state index contributed by atoms with van der Waals surface area (Å²) in [6, 6.07) is 3.70. The van der Waals surface area contributed by atoms with Crippen molar-refractivity contribution < 1.29 is 18.6 Å². The van der Waals surface area contributed by atoms with Crippen LogP contribution in [0.2, 0.25) is 0 Å². The Balaban J connectivity index is 2.04. The topological polar surface area (TPSA) is 32.7 Å². The second-order valence-electron chi connectivity index (χ2n) is 4.64. The average molecular weight is 257 g/mol. The van der Waals surface area contributed by atoms with E-state index in [0.29, 0.717) is 13.2 Å². The van der Waals surface area contributed by atoms with Gasteiger partial charge in [-0.15, -0.1) is 0 Å². The highest BCUT2D eigenvalue weighted by molar-refractivity contribution is 5.20. The second kappa shape index (κ2) is 5.73. The minimum absolute atomic E-state index is 0.0724. The van der Waals surface area contributed by atoms with Gasteiger partial charge in [0.15, 0.2) is 0 Å². The Morgan fingerprint density at radius 2 is 2.11 bits per heavy atom. The Hall–Kier alpha value is -1.04. The molecule has 0 bridgehead atoms. The highest BCUT2D eigenvalue weighted by atomic mass is 19.1. The first kappa shape index (κ1) is 13.4. The summed E-state index contributed by atoms with van der Waals surface area (Å²) < 4.78 is 32.3. The van der Waals surface area contributed by atoms with Crippen LogP contribution in [0.5, 0.6) is 0 Å². The fourth-order valence-electron chi connectivity index (χ4n) is 2.11. The van der Waals surface area contributed by atoms with Gasteiger partial charge < -0.3 is 14.7 Å². The number of hydrogen-bond donors (Lipinski definition) is 1. The zero-order valence-corrected chi connectivity index (χ0v) is 10.3. The minimum atomic E-state index is -0.904. The maximum atomic E-state index is 13.5. The molecule has 0 spiro atoms. The summed E-state index contributed by atoms with van der Waals surface area (Å²) in [5, 5.41) is 10.0. The zero-order chi connectivity index (χ0) is 13.1. The summed E-state index contributed by atoms with van der Waals surface area (Å²) in [5.41, 5.74) is -0.0816. The molecule has 1 fully saturated rings. The molecule has 0 aromatic heterocycles. The minimum Gasteiger partial charge on any atom is -0.390 e. The largest absolute Gasteiger partial charge is 0.390 e. The van der Waals surface area contributed by atoms with E-state index in [1.54, 1.807) is 0 Å². The lowest BCUT2D eigenvalue weighted by Crippen LogP contribution is -2.46. The van der Waals surface area contributed by atoms with Gasteiger partial charge in [0, 0.05) is 25.1 Å². The molecule has 2 unspecified atom stereocenters. The lowest BCUT2D eigenvalue weighted by atomic mass is 10.0. The first-order chi connectivity index (χ1) is 8.58. The molecule has 5 heteroatoms. The van der Waals surface area contributed by atoms with E-state index in [1.165, 1.54) is 18.2 Å². The van der Waals surface area contributed by atoms with Crippen LogP contribution >= 0.6 is 0 Å². The standard InChI is InChI=1S/C13H17F2NO2/c1-16-5-6-18-13(8-16)12(17)7-9-10(14)3-2-4-11(9)15/h2-4,12-13,17H,5-8H2,1H3.